The summed E-state index contributed by atoms with van der Waals surface area (Å²) in [6.07, 6.45) is 5.24. The van der Waals surface area contributed by atoms with Crippen LogP contribution >= 0.6 is 11.8 Å². The van der Waals surface area contributed by atoms with Crippen molar-refractivity contribution in [1.29, 1.82) is 0 Å². The van der Waals surface area contributed by atoms with Crippen LogP contribution in [0.15, 0.2) is 0 Å². The van der Waals surface area contributed by atoms with Crippen LogP contribution < -0.4 is 10.6 Å². The van der Waals surface area contributed by atoms with Crippen LogP contribution in [0.5, 0.6) is 0 Å². The van der Waals surface area contributed by atoms with Gasteiger partial charge in [-0.2, -0.15) is 11.8 Å². The third kappa shape index (κ3) is 4.59. The van der Waals surface area contributed by atoms with Gasteiger partial charge in [0.1, 0.15) is 0 Å². The van der Waals surface area contributed by atoms with Gasteiger partial charge >= 0.3 is 12.0 Å². The molecule has 2 aliphatic heterocycles. The summed E-state index contributed by atoms with van der Waals surface area (Å²) in [5.74, 6) is -0.327. The molecule has 2 heterocycles. The van der Waals surface area contributed by atoms with Crippen LogP contribution in [0.1, 0.15) is 45.4 Å². The molecule has 0 aromatic carbocycles. The number of aliphatic carboxylic acids is 1. The number of fused-ring (bicyclic) bond motifs is 1. The first-order valence-electron chi connectivity index (χ1n) is 9.16. The molecular weight excluding hydrogens is 342 g/mol. The maximum absolute atomic E-state index is 12.5. The average Bonchev–Trinajstić information content (AvgIpc) is 3.24. The minimum atomic E-state index is -0.849. The van der Waals surface area contributed by atoms with Gasteiger partial charge in [0.2, 0.25) is 5.91 Å². The molecule has 1 aliphatic carbocycles. The zero-order valence-electron chi connectivity index (χ0n) is 14.6. The minimum absolute atomic E-state index is 0.0666. The summed E-state index contributed by atoms with van der Waals surface area (Å²) in [7, 11) is 0. The lowest BCUT2D eigenvalue weighted by molar-refractivity contribution is -0.143. The lowest BCUT2D eigenvalue weighted by atomic mass is 10.0. The zero-order chi connectivity index (χ0) is 18.0. The smallest absolute Gasteiger partial charge is 0.315 e. The Kier molecular flexibility index (Phi) is 5.76. The lowest BCUT2D eigenvalue weighted by Gasteiger charge is -2.24. The van der Waals surface area contributed by atoms with Crippen molar-refractivity contribution in [2.75, 3.05) is 12.3 Å². The van der Waals surface area contributed by atoms with Crippen molar-refractivity contribution in [1.82, 2.24) is 15.5 Å². The van der Waals surface area contributed by atoms with E-state index in [1.54, 1.807) is 11.8 Å². The standard InChI is InChI=1S/C17H27N3O4S/c1-10(16(22)23)8-20(11-6-7-11)14(21)5-3-2-4-13-15-12(9-25-13)18-17(24)19-15/h10-13,15H,2-9H2,1H3,(H,22,23)(H2,18,19,24)/t10?,12-,13-,15-/m0/s1. The van der Waals surface area contributed by atoms with Gasteiger partial charge in [-0.3, -0.25) is 9.59 Å². The second-order valence-corrected chi connectivity index (χ2v) is 8.66. The number of nitrogens with one attached hydrogen (secondary N) is 2. The molecule has 4 atom stereocenters. The first-order valence-corrected chi connectivity index (χ1v) is 10.2. The Labute approximate surface area is 152 Å². The molecule has 2 saturated heterocycles. The van der Waals surface area contributed by atoms with Gasteiger partial charge in [0.05, 0.1) is 18.0 Å². The number of thioether (sulfide) groups is 1. The fourth-order valence-corrected chi connectivity index (χ4v) is 5.17. The summed E-state index contributed by atoms with van der Waals surface area (Å²) in [6.45, 7) is 1.97. The predicted octanol–water partition coefficient (Wildman–Crippen LogP) is 1.42. The third-order valence-electron chi connectivity index (χ3n) is 5.27. The van der Waals surface area contributed by atoms with Crippen LogP contribution in [0.4, 0.5) is 4.79 Å². The van der Waals surface area contributed by atoms with E-state index in [9.17, 15) is 14.4 Å². The van der Waals surface area contributed by atoms with E-state index in [0.29, 0.717) is 18.2 Å². The number of rotatable bonds is 9. The SMILES string of the molecule is CC(CN(C(=O)CCCC[C@@H]1SC[C@@H]2NC(=O)N[C@@H]21)C1CC1)C(=O)O. The van der Waals surface area contributed by atoms with Gasteiger partial charge in [-0.1, -0.05) is 13.3 Å². The second-order valence-electron chi connectivity index (χ2n) is 7.38. The molecule has 25 heavy (non-hydrogen) atoms. The molecule has 3 aliphatic rings. The summed E-state index contributed by atoms with van der Waals surface area (Å²) in [4.78, 5) is 36.7. The number of urea groups is 1. The normalized spacial score (nSPS) is 28.8. The van der Waals surface area contributed by atoms with Gasteiger partial charge in [0.15, 0.2) is 0 Å². The second kappa shape index (κ2) is 7.85. The van der Waals surface area contributed by atoms with E-state index in [-0.39, 0.29) is 30.1 Å². The highest BCUT2D eigenvalue weighted by atomic mass is 32.2. The molecule has 7 nitrogen and oxygen atoms in total. The number of carbonyl (C=O) groups is 3. The number of carbonyl (C=O) groups excluding carboxylic acids is 2. The van der Waals surface area contributed by atoms with Gasteiger partial charge in [-0.05, 0) is 25.7 Å². The number of unbranched alkanes of at least 4 members (excludes halogenated alkanes) is 1. The van der Waals surface area contributed by atoms with E-state index in [0.717, 1.165) is 37.9 Å². The minimum Gasteiger partial charge on any atom is -0.481 e. The molecule has 3 amide bonds. The molecule has 0 spiro atoms. The molecule has 1 unspecified atom stereocenters. The highest BCUT2D eigenvalue weighted by molar-refractivity contribution is 8.00. The number of carboxylic acids is 1. The fraction of sp³-hybridized carbons (Fsp3) is 0.824. The number of hydrogen-bond donors (Lipinski definition) is 3. The Hall–Kier alpha value is -1.44. The molecule has 1 saturated carbocycles. The maximum atomic E-state index is 12.5. The van der Waals surface area contributed by atoms with Crippen molar-refractivity contribution in [2.24, 2.45) is 5.92 Å². The van der Waals surface area contributed by atoms with Crippen molar-refractivity contribution in [3.05, 3.63) is 0 Å². The van der Waals surface area contributed by atoms with Crippen LogP contribution in [-0.4, -0.2) is 63.6 Å². The maximum Gasteiger partial charge on any atom is 0.315 e. The van der Waals surface area contributed by atoms with Crippen molar-refractivity contribution in [3.8, 4) is 0 Å². The van der Waals surface area contributed by atoms with E-state index < -0.39 is 11.9 Å². The van der Waals surface area contributed by atoms with Crippen LogP contribution in [0.25, 0.3) is 0 Å². The molecule has 0 bridgehead atoms. The van der Waals surface area contributed by atoms with Gasteiger partial charge in [0.25, 0.3) is 0 Å². The first kappa shape index (κ1) is 18.4. The predicted molar refractivity (Wildman–Crippen MR) is 95.5 cm³/mol. The fourth-order valence-electron chi connectivity index (χ4n) is 3.62. The Morgan fingerprint density at radius 3 is 2.76 bits per heavy atom. The summed E-state index contributed by atoms with van der Waals surface area (Å²) < 4.78 is 0. The van der Waals surface area contributed by atoms with Gasteiger partial charge in [0, 0.05) is 30.0 Å². The van der Waals surface area contributed by atoms with E-state index in [1.807, 2.05) is 11.8 Å². The van der Waals surface area contributed by atoms with E-state index >= 15 is 0 Å². The number of carboxylic acid groups (broad SMARTS) is 1. The third-order valence-corrected chi connectivity index (χ3v) is 6.78. The molecule has 0 aromatic heterocycles. The molecule has 140 valence electrons. The highest BCUT2D eigenvalue weighted by Gasteiger charge is 2.42. The highest BCUT2D eigenvalue weighted by Crippen LogP contribution is 2.33. The zero-order valence-corrected chi connectivity index (χ0v) is 15.4. The largest absolute Gasteiger partial charge is 0.481 e. The van der Waals surface area contributed by atoms with Gasteiger partial charge < -0.3 is 20.6 Å². The number of amides is 3. The molecule has 0 radical (unpaired) electrons. The topological polar surface area (TPSA) is 98.7 Å². The molecule has 3 N–H and O–H groups in total. The Morgan fingerprint density at radius 2 is 2.08 bits per heavy atom. The van der Waals surface area contributed by atoms with Crippen LogP contribution in [-0.2, 0) is 9.59 Å². The van der Waals surface area contributed by atoms with Gasteiger partial charge in [-0.15, -0.1) is 0 Å². The molecular formula is C17H27N3O4S. The Bertz CT molecular complexity index is 540. The van der Waals surface area contributed by atoms with E-state index in [1.165, 1.54) is 0 Å². The summed E-state index contributed by atoms with van der Waals surface area (Å²) in [5.41, 5.74) is 0. The van der Waals surface area contributed by atoms with Crippen molar-refractivity contribution < 1.29 is 19.5 Å². The Morgan fingerprint density at radius 1 is 1.32 bits per heavy atom. The van der Waals surface area contributed by atoms with Gasteiger partial charge in [-0.25, -0.2) is 4.79 Å². The van der Waals surface area contributed by atoms with Crippen LogP contribution in [0, 0.1) is 5.92 Å². The monoisotopic (exact) mass is 369 g/mol. The number of nitrogens with zero attached hydrogens (tertiary/aromatic N) is 1. The van der Waals surface area contributed by atoms with Crippen molar-refractivity contribution >= 4 is 29.7 Å². The van der Waals surface area contributed by atoms with E-state index in [4.69, 9.17) is 5.11 Å². The summed E-state index contributed by atoms with van der Waals surface area (Å²) in [5, 5.41) is 15.4. The van der Waals surface area contributed by atoms with Crippen molar-refractivity contribution in [2.45, 2.75) is 68.8 Å². The molecule has 8 heteroatoms. The summed E-state index contributed by atoms with van der Waals surface area (Å²) >= 11 is 1.89. The van der Waals surface area contributed by atoms with Crippen LogP contribution in [0.3, 0.4) is 0 Å². The van der Waals surface area contributed by atoms with Crippen molar-refractivity contribution in [3.63, 3.8) is 0 Å². The first-order chi connectivity index (χ1) is 12.0. The average molecular weight is 369 g/mol. The van der Waals surface area contributed by atoms with Crippen LogP contribution in [0.2, 0.25) is 0 Å². The lowest BCUT2D eigenvalue weighted by Crippen LogP contribution is -2.38. The molecule has 0 aromatic rings. The van der Waals surface area contributed by atoms with E-state index in [2.05, 4.69) is 10.6 Å². The summed E-state index contributed by atoms with van der Waals surface area (Å²) in [6, 6.07) is 0.642. The Balaban J connectivity index is 1.38. The number of hydrogen-bond acceptors (Lipinski definition) is 4. The quantitative estimate of drug-likeness (QED) is 0.422. The molecule has 3 rings (SSSR count). The molecule has 3 fully saturated rings.